The maximum absolute atomic E-state index is 11.6. The van der Waals surface area contributed by atoms with E-state index in [1.54, 1.807) is 31.1 Å². The third kappa shape index (κ3) is 6.83. The molecule has 6 heteroatoms. The Hall–Kier alpha value is -4.03. The molecule has 1 amide bonds. The molecule has 0 aromatic heterocycles. The number of aryl methyl sites for hydroxylation is 1. The first-order valence-electron chi connectivity index (χ1n) is 14.5. The number of hydrogen-bond donors (Lipinski definition) is 3. The highest BCUT2D eigenvalue weighted by atomic mass is 16.5. The van der Waals surface area contributed by atoms with E-state index >= 15 is 0 Å². The summed E-state index contributed by atoms with van der Waals surface area (Å²) in [5.41, 5.74) is 10.0. The minimum atomic E-state index is -0.0216. The van der Waals surface area contributed by atoms with Crippen LogP contribution >= 0.6 is 0 Å². The van der Waals surface area contributed by atoms with Crippen molar-refractivity contribution < 1.29 is 14.6 Å². The number of likely N-dealkylation sites (N-methyl/N-ethyl adjacent to an activating group) is 1. The van der Waals surface area contributed by atoms with Crippen LogP contribution in [0.3, 0.4) is 0 Å². The number of carbonyl (C=O) groups excluding carboxylic acids is 1. The molecule has 3 N–H and O–H groups in total. The molecule has 0 radical (unpaired) electrons. The highest BCUT2D eigenvalue weighted by Crippen LogP contribution is 2.43. The topological polar surface area (TPSA) is 73.8 Å². The molecule has 0 atom stereocenters. The summed E-state index contributed by atoms with van der Waals surface area (Å²) in [6.07, 6.45) is 7.34. The number of amides is 1. The van der Waals surface area contributed by atoms with E-state index in [9.17, 15) is 9.90 Å². The van der Waals surface area contributed by atoms with E-state index in [1.807, 2.05) is 24.3 Å². The van der Waals surface area contributed by atoms with Gasteiger partial charge in [-0.2, -0.15) is 0 Å². The zero-order chi connectivity index (χ0) is 29.0. The fourth-order valence-electron chi connectivity index (χ4n) is 5.78. The standard InChI is InChI=1S/C35H41N3O3/c1-35(2)23-27-21-26(12-17-32(27)37-35)30-8-5-7-25-22-28(39)13-16-31(25)34(30)24-10-14-29(15-11-24)41-20-19-36-18-6-9-33(40)38(3)4/h6,9-17,21-22,36-37,39H,5,7-8,18-20,23H2,1-4H3/b9-6+. The summed E-state index contributed by atoms with van der Waals surface area (Å²) in [7, 11) is 3.47. The number of benzene rings is 3. The summed E-state index contributed by atoms with van der Waals surface area (Å²) in [6.45, 7) is 6.32. The Labute approximate surface area is 243 Å². The molecule has 5 rings (SSSR count). The molecule has 3 aromatic carbocycles. The van der Waals surface area contributed by atoms with E-state index in [4.69, 9.17) is 4.74 Å². The van der Waals surface area contributed by atoms with Crippen molar-refractivity contribution in [3.63, 3.8) is 0 Å². The summed E-state index contributed by atoms with van der Waals surface area (Å²) in [6, 6.07) is 21.0. The van der Waals surface area contributed by atoms with Crippen LogP contribution in [-0.4, -0.2) is 55.2 Å². The molecule has 0 fully saturated rings. The Morgan fingerprint density at radius 1 is 1.02 bits per heavy atom. The normalized spacial score (nSPS) is 15.7. The van der Waals surface area contributed by atoms with E-state index in [0.29, 0.717) is 25.4 Å². The van der Waals surface area contributed by atoms with Crippen LogP contribution in [0.2, 0.25) is 0 Å². The fraction of sp³-hybridized carbons (Fsp3) is 0.343. The molecule has 0 spiro atoms. The zero-order valence-electron chi connectivity index (χ0n) is 24.6. The van der Waals surface area contributed by atoms with Gasteiger partial charge < -0.3 is 25.4 Å². The summed E-state index contributed by atoms with van der Waals surface area (Å²) in [4.78, 5) is 13.1. The summed E-state index contributed by atoms with van der Waals surface area (Å²) >= 11 is 0. The lowest BCUT2D eigenvalue weighted by molar-refractivity contribution is -0.123. The van der Waals surface area contributed by atoms with Gasteiger partial charge in [-0.05, 0) is 115 Å². The molecule has 0 saturated heterocycles. The van der Waals surface area contributed by atoms with Gasteiger partial charge in [0, 0.05) is 44.5 Å². The van der Waals surface area contributed by atoms with Crippen molar-refractivity contribution in [1.29, 1.82) is 0 Å². The molecule has 0 bridgehead atoms. The van der Waals surface area contributed by atoms with Gasteiger partial charge in [0.25, 0.3) is 0 Å². The molecule has 214 valence electrons. The maximum Gasteiger partial charge on any atom is 0.245 e. The molecule has 1 aliphatic heterocycles. The van der Waals surface area contributed by atoms with Crippen LogP contribution in [0.25, 0.3) is 11.1 Å². The number of ether oxygens (including phenoxy) is 1. The highest BCUT2D eigenvalue weighted by Gasteiger charge is 2.28. The van der Waals surface area contributed by atoms with Gasteiger partial charge >= 0.3 is 0 Å². The second-order valence-electron chi connectivity index (χ2n) is 11.8. The van der Waals surface area contributed by atoms with Gasteiger partial charge in [-0.1, -0.05) is 30.3 Å². The quantitative estimate of drug-likeness (QED) is 0.223. The number of nitrogens with zero attached hydrogens (tertiary/aromatic N) is 1. The van der Waals surface area contributed by atoms with E-state index in [-0.39, 0.29) is 11.4 Å². The molecular formula is C35H41N3O3. The Morgan fingerprint density at radius 2 is 1.80 bits per heavy atom. The van der Waals surface area contributed by atoms with Crippen molar-refractivity contribution in [3.05, 3.63) is 101 Å². The summed E-state index contributed by atoms with van der Waals surface area (Å²) in [5.74, 6) is 1.11. The molecule has 6 nitrogen and oxygen atoms in total. The van der Waals surface area contributed by atoms with E-state index in [2.05, 4.69) is 60.9 Å². The van der Waals surface area contributed by atoms with Crippen LogP contribution in [0.15, 0.2) is 72.8 Å². The smallest absolute Gasteiger partial charge is 0.245 e. The average molecular weight is 552 g/mol. The van der Waals surface area contributed by atoms with Crippen LogP contribution in [0.4, 0.5) is 5.69 Å². The number of fused-ring (bicyclic) bond motifs is 2. The Balaban J connectivity index is 1.37. The first kappa shape index (κ1) is 28.5. The first-order chi connectivity index (χ1) is 19.7. The Kier molecular flexibility index (Phi) is 8.50. The summed E-state index contributed by atoms with van der Waals surface area (Å²) < 4.78 is 5.99. The van der Waals surface area contributed by atoms with Gasteiger partial charge in [0.1, 0.15) is 18.1 Å². The third-order valence-corrected chi connectivity index (χ3v) is 7.75. The van der Waals surface area contributed by atoms with Gasteiger partial charge in [0.15, 0.2) is 0 Å². The molecule has 2 aliphatic rings. The van der Waals surface area contributed by atoms with Gasteiger partial charge in [0.05, 0.1) is 0 Å². The molecular weight excluding hydrogens is 510 g/mol. The minimum Gasteiger partial charge on any atom is -0.508 e. The van der Waals surface area contributed by atoms with Crippen molar-refractivity contribution in [2.45, 2.75) is 45.1 Å². The second kappa shape index (κ2) is 12.2. The van der Waals surface area contributed by atoms with Crippen LogP contribution in [-0.2, 0) is 17.6 Å². The van der Waals surface area contributed by atoms with Crippen molar-refractivity contribution in [2.75, 3.05) is 39.1 Å². The van der Waals surface area contributed by atoms with Gasteiger partial charge in [-0.15, -0.1) is 0 Å². The number of rotatable bonds is 9. The lowest BCUT2D eigenvalue weighted by atomic mass is 9.87. The van der Waals surface area contributed by atoms with Crippen molar-refractivity contribution in [2.24, 2.45) is 0 Å². The number of nitrogens with one attached hydrogen (secondary N) is 2. The fourth-order valence-corrected chi connectivity index (χ4v) is 5.78. The Morgan fingerprint density at radius 3 is 2.59 bits per heavy atom. The largest absolute Gasteiger partial charge is 0.508 e. The Bertz CT molecular complexity index is 1470. The van der Waals surface area contributed by atoms with Crippen LogP contribution < -0.4 is 15.4 Å². The number of allylic oxidation sites excluding steroid dienone is 1. The van der Waals surface area contributed by atoms with Crippen LogP contribution in [0.5, 0.6) is 11.5 Å². The number of phenols is 1. The molecule has 3 aromatic rings. The van der Waals surface area contributed by atoms with Crippen molar-refractivity contribution in [1.82, 2.24) is 10.2 Å². The summed E-state index contributed by atoms with van der Waals surface area (Å²) in [5, 5.41) is 17.2. The first-order valence-corrected chi connectivity index (χ1v) is 14.5. The number of aromatic hydroxyl groups is 1. The van der Waals surface area contributed by atoms with E-state index in [0.717, 1.165) is 37.0 Å². The van der Waals surface area contributed by atoms with E-state index < -0.39 is 0 Å². The zero-order valence-corrected chi connectivity index (χ0v) is 24.6. The highest BCUT2D eigenvalue weighted by molar-refractivity contribution is 6.00. The molecule has 0 unspecified atom stereocenters. The predicted octanol–water partition coefficient (Wildman–Crippen LogP) is 6.05. The monoisotopic (exact) mass is 551 g/mol. The molecule has 41 heavy (non-hydrogen) atoms. The average Bonchev–Trinajstić information content (AvgIpc) is 3.13. The second-order valence-corrected chi connectivity index (χ2v) is 11.8. The SMILES string of the molecule is CN(C)C(=O)/C=C/CNCCOc1ccc(C2=C(c3ccc4c(c3)CC(C)(C)N4)CCCc3cc(O)ccc32)cc1. The third-order valence-electron chi connectivity index (χ3n) is 7.75. The lowest BCUT2D eigenvalue weighted by Crippen LogP contribution is -2.26. The van der Waals surface area contributed by atoms with Crippen LogP contribution in [0.1, 0.15) is 54.5 Å². The predicted molar refractivity (Wildman–Crippen MR) is 167 cm³/mol. The molecule has 1 heterocycles. The van der Waals surface area contributed by atoms with Gasteiger partial charge in [0.2, 0.25) is 5.91 Å². The van der Waals surface area contributed by atoms with Crippen molar-refractivity contribution in [3.8, 4) is 11.5 Å². The van der Waals surface area contributed by atoms with Crippen LogP contribution in [0, 0.1) is 0 Å². The molecule has 1 aliphatic carbocycles. The number of anilines is 1. The maximum atomic E-state index is 11.6. The van der Waals surface area contributed by atoms with Gasteiger partial charge in [-0.25, -0.2) is 0 Å². The van der Waals surface area contributed by atoms with Gasteiger partial charge in [-0.3, -0.25) is 4.79 Å². The number of phenolic OH excluding ortho intramolecular Hbond substituents is 1. The number of hydrogen-bond acceptors (Lipinski definition) is 5. The number of carbonyl (C=O) groups is 1. The lowest BCUT2D eigenvalue weighted by Gasteiger charge is -2.18. The minimum absolute atomic E-state index is 0.0216. The van der Waals surface area contributed by atoms with Crippen molar-refractivity contribution >= 4 is 22.7 Å². The van der Waals surface area contributed by atoms with E-state index in [1.165, 1.54) is 39.1 Å². The molecule has 0 saturated carbocycles.